The van der Waals surface area contributed by atoms with E-state index in [2.05, 4.69) is 38.2 Å². The number of carbonyl (C=O) groups is 1. The van der Waals surface area contributed by atoms with E-state index in [9.17, 15) is 4.79 Å². The summed E-state index contributed by atoms with van der Waals surface area (Å²) < 4.78 is 12.8. The van der Waals surface area contributed by atoms with E-state index in [4.69, 9.17) is 21.4 Å². The highest BCUT2D eigenvalue weighted by Crippen LogP contribution is 2.27. The van der Waals surface area contributed by atoms with Crippen molar-refractivity contribution in [3.8, 4) is 17.2 Å². The molecule has 0 spiro atoms. The molecule has 0 atom stereocenters. The molecule has 0 aliphatic carbocycles. The fourth-order valence-electron chi connectivity index (χ4n) is 3.56. The van der Waals surface area contributed by atoms with Gasteiger partial charge >= 0.3 is 0 Å². The van der Waals surface area contributed by atoms with E-state index in [1.807, 2.05) is 78.9 Å². The van der Waals surface area contributed by atoms with Crippen molar-refractivity contribution in [3.05, 3.63) is 112 Å². The van der Waals surface area contributed by atoms with E-state index in [1.165, 1.54) is 0 Å². The van der Waals surface area contributed by atoms with Crippen LogP contribution in [0.25, 0.3) is 22.6 Å². The molecule has 0 aliphatic heterocycles. The van der Waals surface area contributed by atoms with Gasteiger partial charge in [-0.1, -0.05) is 42.5 Å². The fraction of sp³-hybridized carbons (Fsp3) is 0.0357. The number of anilines is 1. The molecule has 6 nitrogen and oxygen atoms in total. The summed E-state index contributed by atoms with van der Waals surface area (Å²) in [6.07, 6.45) is 0. The molecule has 0 bridgehead atoms. The van der Waals surface area contributed by atoms with E-state index in [-0.39, 0.29) is 11.0 Å². The fourth-order valence-corrected chi connectivity index (χ4v) is 4.31. The number of hydrogen-bond donors (Lipinski definition) is 2. The normalized spacial score (nSPS) is 10.7. The molecule has 1 aromatic heterocycles. The van der Waals surface area contributed by atoms with Gasteiger partial charge in [-0.05, 0) is 95.0 Å². The molecule has 8 heteroatoms. The van der Waals surface area contributed by atoms with Gasteiger partial charge in [-0.15, -0.1) is 0 Å². The number of halogens is 1. The van der Waals surface area contributed by atoms with Crippen LogP contribution in [0.2, 0.25) is 0 Å². The molecule has 36 heavy (non-hydrogen) atoms. The number of thiocarbonyl (C=S) groups is 1. The first-order chi connectivity index (χ1) is 17.5. The second-order valence-electron chi connectivity index (χ2n) is 7.92. The van der Waals surface area contributed by atoms with Crippen molar-refractivity contribution in [1.82, 2.24) is 10.3 Å². The van der Waals surface area contributed by atoms with Gasteiger partial charge in [0.1, 0.15) is 17.9 Å². The molecule has 178 valence electrons. The van der Waals surface area contributed by atoms with Gasteiger partial charge in [-0.3, -0.25) is 10.1 Å². The van der Waals surface area contributed by atoms with E-state index < -0.39 is 0 Å². The van der Waals surface area contributed by atoms with Crippen molar-refractivity contribution in [2.45, 2.75) is 6.61 Å². The first-order valence-corrected chi connectivity index (χ1v) is 12.6. The molecule has 1 heterocycles. The van der Waals surface area contributed by atoms with Crippen molar-refractivity contribution in [2.24, 2.45) is 0 Å². The van der Waals surface area contributed by atoms with Crippen molar-refractivity contribution in [2.75, 3.05) is 5.32 Å². The number of nitrogens with zero attached hydrogens (tertiary/aromatic N) is 1. The predicted octanol–water partition coefficient (Wildman–Crippen LogP) is 6.81. The van der Waals surface area contributed by atoms with Crippen LogP contribution in [-0.4, -0.2) is 16.0 Å². The van der Waals surface area contributed by atoms with Gasteiger partial charge < -0.3 is 14.5 Å². The molecule has 0 saturated heterocycles. The summed E-state index contributed by atoms with van der Waals surface area (Å²) >= 11 is 7.62. The average molecular weight is 605 g/mol. The molecule has 4 aromatic carbocycles. The summed E-state index contributed by atoms with van der Waals surface area (Å²) in [4.78, 5) is 17.3. The maximum absolute atomic E-state index is 12.7. The van der Waals surface area contributed by atoms with E-state index >= 15 is 0 Å². The number of benzene rings is 4. The number of nitrogens with one attached hydrogen (secondary N) is 2. The Morgan fingerprint density at radius 1 is 0.944 bits per heavy atom. The average Bonchev–Trinajstić information content (AvgIpc) is 3.32. The van der Waals surface area contributed by atoms with Crippen LogP contribution in [0.5, 0.6) is 5.75 Å². The summed E-state index contributed by atoms with van der Waals surface area (Å²) in [5.74, 6) is 0.817. The lowest BCUT2D eigenvalue weighted by Crippen LogP contribution is -2.34. The third-order valence-corrected chi connectivity index (χ3v) is 6.16. The molecule has 5 rings (SSSR count). The van der Waals surface area contributed by atoms with Gasteiger partial charge in [0.25, 0.3) is 5.91 Å². The molecule has 0 saturated carbocycles. The number of carbonyl (C=O) groups excluding carboxylic acids is 1. The Labute approximate surface area is 226 Å². The highest BCUT2D eigenvalue weighted by atomic mass is 127. The summed E-state index contributed by atoms with van der Waals surface area (Å²) in [6.45, 7) is 0.418. The molecule has 2 N–H and O–H groups in total. The number of amides is 1. The van der Waals surface area contributed by atoms with E-state index in [1.54, 1.807) is 18.2 Å². The summed E-state index contributed by atoms with van der Waals surface area (Å²) in [6, 6.07) is 30.2. The van der Waals surface area contributed by atoms with E-state index in [0.29, 0.717) is 40.6 Å². The lowest BCUT2D eigenvalue weighted by molar-refractivity contribution is 0.0977. The van der Waals surface area contributed by atoms with Crippen LogP contribution in [0.15, 0.2) is 101 Å². The van der Waals surface area contributed by atoms with Gasteiger partial charge in [0, 0.05) is 20.4 Å². The molecule has 0 fully saturated rings. The molecular weight excluding hydrogens is 585 g/mol. The number of hydrogen-bond acceptors (Lipinski definition) is 5. The SMILES string of the molecule is O=C(NC(=S)Nc1ccc2oc(-c3cccc(I)c3)nc2c1)c1cccc(OCc2ccccc2)c1. The minimum atomic E-state index is -0.332. The largest absolute Gasteiger partial charge is 0.489 e. The molecule has 0 radical (unpaired) electrons. The number of fused-ring (bicyclic) bond motifs is 1. The van der Waals surface area contributed by atoms with Crippen molar-refractivity contribution >= 4 is 62.6 Å². The smallest absolute Gasteiger partial charge is 0.257 e. The predicted molar refractivity (Wildman–Crippen MR) is 153 cm³/mol. The number of aromatic nitrogens is 1. The number of ether oxygens (including phenoxy) is 1. The van der Waals surface area contributed by atoms with Crippen LogP contribution in [0.4, 0.5) is 5.69 Å². The Kier molecular flexibility index (Phi) is 7.24. The van der Waals surface area contributed by atoms with Gasteiger partial charge in [-0.2, -0.15) is 0 Å². The van der Waals surface area contributed by atoms with Crippen LogP contribution in [0, 0.1) is 3.57 Å². The topological polar surface area (TPSA) is 76.4 Å². The molecular formula is C28H20IN3O3S. The zero-order valence-electron chi connectivity index (χ0n) is 18.9. The summed E-state index contributed by atoms with van der Waals surface area (Å²) in [5.41, 5.74) is 4.44. The standard InChI is InChI=1S/C28H20IN3O3S/c29-21-10-4-9-20(14-21)27-31-24-16-22(12-13-25(24)35-27)30-28(36)32-26(33)19-8-5-11-23(15-19)34-17-18-6-2-1-3-7-18/h1-16H,17H2,(H2,30,32,33,36). The lowest BCUT2D eigenvalue weighted by atomic mass is 10.2. The third kappa shape index (κ3) is 5.89. The number of oxazole rings is 1. The molecule has 0 unspecified atom stereocenters. The maximum Gasteiger partial charge on any atom is 0.257 e. The van der Waals surface area contributed by atoms with Crippen LogP contribution in [0.3, 0.4) is 0 Å². The zero-order valence-corrected chi connectivity index (χ0v) is 21.9. The lowest BCUT2D eigenvalue weighted by Gasteiger charge is -2.11. The zero-order chi connectivity index (χ0) is 24.9. The Morgan fingerprint density at radius 2 is 1.78 bits per heavy atom. The highest BCUT2D eigenvalue weighted by Gasteiger charge is 2.12. The van der Waals surface area contributed by atoms with Crippen molar-refractivity contribution in [3.63, 3.8) is 0 Å². The first kappa shape index (κ1) is 24.0. The molecule has 1 amide bonds. The Balaban J connectivity index is 1.22. The summed E-state index contributed by atoms with van der Waals surface area (Å²) in [5, 5.41) is 5.93. The van der Waals surface area contributed by atoms with Gasteiger partial charge in [0.2, 0.25) is 5.89 Å². The summed E-state index contributed by atoms with van der Waals surface area (Å²) in [7, 11) is 0. The quantitative estimate of drug-likeness (QED) is 0.164. The minimum Gasteiger partial charge on any atom is -0.489 e. The van der Waals surface area contributed by atoms with Gasteiger partial charge in [-0.25, -0.2) is 4.98 Å². The Bertz CT molecular complexity index is 1550. The number of rotatable bonds is 6. The van der Waals surface area contributed by atoms with Crippen LogP contribution < -0.4 is 15.4 Å². The third-order valence-electron chi connectivity index (χ3n) is 5.29. The Hall–Kier alpha value is -3.76. The molecule has 5 aromatic rings. The molecule has 0 aliphatic rings. The minimum absolute atomic E-state index is 0.177. The van der Waals surface area contributed by atoms with Crippen LogP contribution >= 0.6 is 34.8 Å². The van der Waals surface area contributed by atoms with E-state index in [0.717, 1.165) is 14.7 Å². The van der Waals surface area contributed by atoms with Gasteiger partial charge in [0.15, 0.2) is 10.7 Å². The highest BCUT2D eigenvalue weighted by molar-refractivity contribution is 14.1. The van der Waals surface area contributed by atoms with Crippen molar-refractivity contribution < 1.29 is 13.9 Å². The maximum atomic E-state index is 12.7. The van der Waals surface area contributed by atoms with Crippen LogP contribution in [0.1, 0.15) is 15.9 Å². The monoisotopic (exact) mass is 605 g/mol. The second-order valence-corrected chi connectivity index (χ2v) is 9.58. The first-order valence-electron chi connectivity index (χ1n) is 11.1. The second kappa shape index (κ2) is 10.9. The van der Waals surface area contributed by atoms with Crippen molar-refractivity contribution in [1.29, 1.82) is 0 Å². The van der Waals surface area contributed by atoms with Gasteiger partial charge in [0.05, 0.1) is 0 Å². The van der Waals surface area contributed by atoms with Crippen LogP contribution in [-0.2, 0) is 6.61 Å². The Morgan fingerprint density at radius 3 is 2.61 bits per heavy atom.